The summed E-state index contributed by atoms with van der Waals surface area (Å²) in [7, 11) is 0. The number of hydrogen-bond donors (Lipinski definition) is 2. The summed E-state index contributed by atoms with van der Waals surface area (Å²) in [6, 6.07) is 7.24. The number of carbonyl (C=O) groups is 2. The van der Waals surface area contributed by atoms with E-state index in [2.05, 4.69) is 10.3 Å². The van der Waals surface area contributed by atoms with E-state index in [4.69, 9.17) is 28.3 Å². The zero-order valence-corrected chi connectivity index (χ0v) is 11.4. The average molecular weight is 311 g/mol. The maximum absolute atomic E-state index is 11.9. The summed E-state index contributed by atoms with van der Waals surface area (Å²) in [5, 5.41) is 12.1. The number of hydrogen-bond acceptors (Lipinski definition) is 3. The quantitative estimate of drug-likeness (QED) is 0.911. The Morgan fingerprint density at radius 3 is 2.25 bits per heavy atom. The molecule has 0 unspecified atom stereocenters. The lowest BCUT2D eigenvalue weighted by Gasteiger charge is -2.06. The second-order valence-corrected chi connectivity index (χ2v) is 4.72. The minimum absolute atomic E-state index is 0.00681. The molecule has 7 heteroatoms. The summed E-state index contributed by atoms with van der Waals surface area (Å²) in [6.07, 6.45) is 1.11. The van der Waals surface area contributed by atoms with Gasteiger partial charge >= 0.3 is 5.97 Å². The van der Waals surface area contributed by atoms with Gasteiger partial charge in [0.2, 0.25) is 0 Å². The van der Waals surface area contributed by atoms with E-state index in [1.54, 1.807) is 6.07 Å². The Balaban J connectivity index is 2.17. The van der Waals surface area contributed by atoms with E-state index in [0.717, 1.165) is 6.20 Å². The number of aromatic carboxylic acids is 1. The van der Waals surface area contributed by atoms with E-state index in [1.807, 2.05) is 0 Å². The first-order chi connectivity index (χ1) is 9.45. The molecule has 0 atom stereocenters. The highest BCUT2D eigenvalue weighted by Crippen LogP contribution is 2.22. The third kappa shape index (κ3) is 3.46. The maximum Gasteiger partial charge on any atom is 0.337 e. The molecule has 0 aliphatic heterocycles. The summed E-state index contributed by atoms with van der Waals surface area (Å²) in [4.78, 5) is 26.4. The van der Waals surface area contributed by atoms with Crippen molar-refractivity contribution in [2.75, 3.05) is 5.32 Å². The van der Waals surface area contributed by atoms with Gasteiger partial charge in [0.05, 0.1) is 5.56 Å². The van der Waals surface area contributed by atoms with Crippen LogP contribution < -0.4 is 5.32 Å². The van der Waals surface area contributed by atoms with Crippen LogP contribution in [0.1, 0.15) is 20.8 Å². The Hall–Kier alpha value is -2.11. The van der Waals surface area contributed by atoms with Crippen molar-refractivity contribution in [3.8, 4) is 0 Å². The van der Waals surface area contributed by atoms with E-state index < -0.39 is 11.9 Å². The molecule has 2 N–H and O–H groups in total. The Morgan fingerprint density at radius 2 is 1.75 bits per heavy atom. The topological polar surface area (TPSA) is 79.3 Å². The molecule has 0 saturated carbocycles. The number of carboxylic acids is 1. The number of benzene rings is 1. The molecule has 20 heavy (non-hydrogen) atoms. The zero-order chi connectivity index (χ0) is 14.7. The third-order valence-corrected chi connectivity index (χ3v) is 2.80. The largest absolute Gasteiger partial charge is 0.478 e. The van der Waals surface area contributed by atoms with Crippen molar-refractivity contribution >= 4 is 40.8 Å². The average Bonchev–Trinajstić information content (AvgIpc) is 2.37. The van der Waals surface area contributed by atoms with Crippen LogP contribution >= 0.6 is 23.2 Å². The minimum Gasteiger partial charge on any atom is -0.478 e. The number of carboxylic acid groups (broad SMARTS) is 1. The van der Waals surface area contributed by atoms with Gasteiger partial charge in [0.15, 0.2) is 0 Å². The number of nitrogens with zero attached hydrogens (tertiary/aromatic N) is 1. The monoisotopic (exact) mass is 310 g/mol. The predicted octanol–water partition coefficient (Wildman–Crippen LogP) is 3.34. The van der Waals surface area contributed by atoms with Crippen molar-refractivity contribution in [3.05, 3.63) is 57.8 Å². The Bertz CT molecular complexity index is 652. The van der Waals surface area contributed by atoms with Gasteiger partial charge in [0.1, 0.15) is 5.69 Å². The molecule has 0 aliphatic carbocycles. The van der Waals surface area contributed by atoms with E-state index in [9.17, 15) is 9.59 Å². The first-order valence-electron chi connectivity index (χ1n) is 5.42. The fourth-order valence-electron chi connectivity index (χ4n) is 1.48. The number of anilines is 1. The molecule has 5 nitrogen and oxygen atoms in total. The molecule has 2 aromatic rings. The van der Waals surface area contributed by atoms with Gasteiger partial charge in [0.25, 0.3) is 5.91 Å². The van der Waals surface area contributed by atoms with Crippen molar-refractivity contribution in [3.63, 3.8) is 0 Å². The summed E-state index contributed by atoms with van der Waals surface area (Å²) in [6.45, 7) is 0. The van der Waals surface area contributed by atoms with Gasteiger partial charge in [-0.05, 0) is 30.3 Å². The summed E-state index contributed by atoms with van der Waals surface area (Å²) < 4.78 is 0. The van der Waals surface area contributed by atoms with Crippen LogP contribution in [-0.2, 0) is 0 Å². The molecule has 0 aliphatic rings. The van der Waals surface area contributed by atoms with Gasteiger partial charge in [-0.25, -0.2) is 4.79 Å². The first kappa shape index (κ1) is 14.3. The van der Waals surface area contributed by atoms with Crippen molar-refractivity contribution < 1.29 is 14.7 Å². The summed E-state index contributed by atoms with van der Waals surface area (Å²) in [5.74, 6) is -1.59. The molecule has 2 rings (SSSR count). The van der Waals surface area contributed by atoms with Crippen LogP contribution in [0.3, 0.4) is 0 Å². The number of amides is 1. The maximum atomic E-state index is 11.9. The van der Waals surface area contributed by atoms with Gasteiger partial charge in [-0.15, -0.1) is 0 Å². The van der Waals surface area contributed by atoms with Crippen molar-refractivity contribution in [1.29, 1.82) is 0 Å². The minimum atomic E-state index is -1.11. The fraction of sp³-hybridized carbons (Fsp3) is 0. The third-order valence-electron chi connectivity index (χ3n) is 2.36. The highest BCUT2D eigenvalue weighted by Gasteiger charge is 2.10. The molecular formula is C13H8Cl2N2O3. The van der Waals surface area contributed by atoms with E-state index in [-0.39, 0.29) is 11.3 Å². The van der Waals surface area contributed by atoms with Crippen LogP contribution in [0.4, 0.5) is 5.69 Å². The van der Waals surface area contributed by atoms with Crippen molar-refractivity contribution in [2.45, 2.75) is 0 Å². The second kappa shape index (κ2) is 5.90. The number of halogens is 2. The molecule has 1 amide bonds. The van der Waals surface area contributed by atoms with Gasteiger partial charge in [-0.3, -0.25) is 9.78 Å². The van der Waals surface area contributed by atoms with Gasteiger partial charge < -0.3 is 10.4 Å². The zero-order valence-electron chi connectivity index (χ0n) is 9.93. The van der Waals surface area contributed by atoms with Crippen molar-refractivity contribution in [2.24, 2.45) is 0 Å². The number of pyridine rings is 1. The molecule has 0 saturated heterocycles. The molecule has 0 bridgehead atoms. The van der Waals surface area contributed by atoms with E-state index >= 15 is 0 Å². The number of aromatic nitrogens is 1. The van der Waals surface area contributed by atoms with Crippen LogP contribution in [0.2, 0.25) is 10.0 Å². The Labute approximate surface area is 124 Å². The molecule has 1 aromatic heterocycles. The molecule has 0 fully saturated rings. The fourth-order valence-corrected chi connectivity index (χ4v) is 2.00. The predicted molar refractivity (Wildman–Crippen MR) is 75.6 cm³/mol. The van der Waals surface area contributed by atoms with Crippen LogP contribution in [0.15, 0.2) is 36.5 Å². The normalized spacial score (nSPS) is 10.1. The number of rotatable bonds is 3. The number of carbonyl (C=O) groups excluding carboxylic acids is 1. The standard InChI is InChI=1S/C13H8Cl2N2O3/c14-8-3-9(15)5-10(4-8)17-12(18)11-2-1-7(6-16-11)13(19)20/h1-6H,(H,17,18)(H,19,20). The Kier molecular flexibility index (Phi) is 4.22. The molecule has 102 valence electrons. The van der Waals surface area contributed by atoms with Gasteiger partial charge in [0, 0.05) is 21.9 Å². The highest BCUT2D eigenvalue weighted by molar-refractivity contribution is 6.35. The van der Waals surface area contributed by atoms with E-state index in [0.29, 0.717) is 15.7 Å². The Morgan fingerprint density at radius 1 is 1.10 bits per heavy atom. The van der Waals surface area contributed by atoms with Crippen molar-refractivity contribution in [1.82, 2.24) is 4.98 Å². The lowest BCUT2D eigenvalue weighted by atomic mass is 10.2. The SMILES string of the molecule is O=C(O)c1ccc(C(=O)Nc2cc(Cl)cc(Cl)c2)nc1. The first-order valence-corrected chi connectivity index (χ1v) is 6.18. The molecular weight excluding hydrogens is 303 g/mol. The molecule has 0 spiro atoms. The molecule has 1 aromatic carbocycles. The summed E-state index contributed by atoms with van der Waals surface area (Å²) >= 11 is 11.6. The lowest BCUT2D eigenvalue weighted by molar-refractivity contribution is 0.0696. The smallest absolute Gasteiger partial charge is 0.337 e. The highest BCUT2D eigenvalue weighted by atomic mass is 35.5. The van der Waals surface area contributed by atoms with Gasteiger partial charge in [-0.1, -0.05) is 23.2 Å². The van der Waals surface area contributed by atoms with Gasteiger partial charge in [-0.2, -0.15) is 0 Å². The van der Waals surface area contributed by atoms with Crippen LogP contribution in [-0.4, -0.2) is 22.0 Å². The lowest BCUT2D eigenvalue weighted by Crippen LogP contribution is -2.14. The van der Waals surface area contributed by atoms with Crippen LogP contribution in [0.25, 0.3) is 0 Å². The molecule has 0 radical (unpaired) electrons. The van der Waals surface area contributed by atoms with Crippen LogP contribution in [0.5, 0.6) is 0 Å². The number of nitrogens with one attached hydrogen (secondary N) is 1. The summed E-state index contributed by atoms with van der Waals surface area (Å²) in [5.41, 5.74) is 0.523. The second-order valence-electron chi connectivity index (χ2n) is 3.85. The molecule has 1 heterocycles. The van der Waals surface area contributed by atoms with E-state index in [1.165, 1.54) is 24.3 Å². The van der Waals surface area contributed by atoms with Crippen LogP contribution in [0, 0.1) is 0 Å².